The van der Waals surface area contributed by atoms with E-state index in [0.717, 1.165) is 62.6 Å². The highest BCUT2D eigenvalue weighted by atomic mass is 16.1. The van der Waals surface area contributed by atoms with Gasteiger partial charge < -0.3 is 15.5 Å². The van der Waals surface area contributed by atoms with E-state index in [1.165, 1.54) is 6.42 Å². The molecule has 2 N–H and O–H groups in total. The van der Waals surface area contributed by atoms with Gasteiger partial charge in [0.1, 0.15) is 18.0 Å². The van der Waals surface area contributed by atoms with Crippen molar-refractivity contribution in [3.8, 4) is 0 Å². The molecule has 0 bridgehead atoms. The van der Waals surface area contributed by atoms with Crippen LogP contribution in [0.15, 0.2) is 36.8 Å². The molecule has 156 valence electrons. The minimum atomic E-state index is 0.131. The van der Waals surface area contributed by atoms with Gasteiger partial charge in [0.2, 0.25) is 5.91 Å². The largest absolute Gasteiger partial charge is 0.370 e. The molecule has 0 unspecified atom stereocenters. The average Bonchev–Trinajstić information content (AvgIpc) is 2.77. The van der Waals surface area contributed by atoms with E-state index in [9.17, 15) is 4.79 Å². The first kappa shape index (κ1) is 21.0. The van der Waals surface area contributed by atoms with Crippen LogP contribution in [-0.2, 0) is 11.2 Å². The second-order valence-corrected chi connectivity index (χ2v) is 7.60. The molecule has 0 spiro atoms. The molecule has 0 aliphatic carbocycles. The van der Waals surface area contributed by atoms with Gasteiger partial charge in [0.25, 0.3) is 0 Å². The number of pyridine rings is 1. The van der Waals surface area contributed by atoms with Gasteiger partial charge in [0.15, 0.2) is 0 Å². The summed E-state index contributed by atoms with van der Waals surface area (Å²) in [5.74, 6) is 2.51. The van der Waals surface area contributed by atoms with E-state index in [1.54, 1.807) is 12.5 Å². The topological polar surface area (TPSA) is 83.0 Å². The van der Waals surface area contributed by atoms with Crippen molar-refractivity contribution >= 4 is 17.5 Å². The van der Waals surface area contributed by atoms with Crippen molar-refractivity contribution in [2.24, 2.45) is 5.92 Å². The first-order chi connectivity index (χ1) is 14.2. The number of carbonyl (C=O) groups excluding carboxylic acids is 1. The van der Waals surface area contributed by atoms with Crippen LogP contribution in [0.25, 0.3) is 0 Å². The summed E-state index contributed by atoms with van der Waals surface area (Å²) < 4.78 is 0. The van der Waals surface area contributed by atoms with Crippen LogP contribution in [0.3, 0.4) is 0 Å². The summed E-state index contributed by atoms with van der Waals surface area (Å²) in [7, 11) is 0. The first-order valence-corrected chi connectivity index (χ1v) is 10.7. The minimum absolute atomic E-state index is 0.131. The van der Waals surface area contributed by atoms with Gasteiger partial charge >= 0.3 is 0 Å². The third-order valence-corrected chi connectivity index (χ3v) is 5.26. The third-order valence-electron chi connectivity index (χ3n) is 5.26. The number of piperidine rings is 1. The molecular formula is C22H32N6O. The third kappa shape index (κ3) is 7.00. The fourth-order valence-corrected chi connectivity index (χ4v) is 3.68. The molecule has 29 heavy (non-hydrogen) atoms. The average molecular weight is 397 g/mol. The van der Waals surface area contributed by atoms with E-state index in [4.69, 9.17) is 0 Å². The SMILES string of the molecule is CCCNc1cc(N2CCC[C@H](CCC(=O)NCCc3ccccn3)C2)ncn1. The first-order valence-electron chi connectivity index (χ1n) is 10.7. The van der Waals surface area contributed by atoms with Gasteiger partial charge in [0, 0.05) is 57.0 Å². The van der Waals surface area contributed by atoms with Crippen LogP contribution in [0.1, 0.15) is 44.7 Å². The van der Waals surface area contributed by atoms with Crippen molar-refractivity contribution in [1.82, 2.24) is 20.3 Å². The molecule has 2 aromatic heterocycles. The van der Waals surface area contributed by atoms with Crippen molar-refractivity contribution in [3.63, 3.8) is 0 Å². The lowest BCUT2D eigenvalue weighted by Crippen LogP contribution is -2.36. The Morgan fingerprint density at radius 3 is 3.00 bits per heavy atom. The van der Waals surface area contributed by atoms with Crippen molar-refractivity contribution in [2.75, 3.05) is 36.4 Å². The molecule has 0 aromatic carbocycles. The Morgan fingerprint density at radius 1 is 1.24 bits per heavy atom. The van der Waals surface area contributed by atoms with Crippen LogP contribution in [0.2, 0.25) is 0 Å². The second-order valence-electron chi connectivity index (χ2n) is 7.60. The number of carbonyl (C=O) groups is 1. The highest BCUT2D eigenvalue weighted by molar-refractivity contribution is 5.75. The van der Waals surface area contributed by atoms with Gasteiger partial charge in [-0.1, -0.05) is 13.0 Å². The normalized spacial score (nSPS) is 16.4. The summed E-state index contributed by atoms with van der Waals surface area (Å²) in [6.45, 7) is 5.65. The summed E-state index contributed by atoms with van der Waals surface area (Å²) in [4.78, 5) is 27.6. The van der Waals surface area contributed by atoms with E-state index in [1.807, 2.05) is 24.3 Å². The highest BCUT2D eigenvalue weighted by Crippen LogP contribution is 2.25. The number of hydrogen-bond acceptors (Lipinski definition) is 6. The number of amides is 1. The molecule has 1 amide bonds. The molecule has 3 rings (SSSR count). The maximum atomic E-state index is 12.2. The standard InChI is InChI=1S/C22H32N6O/c1-2-11-24-20-15-21(27-17-26-20)28-14-5-6-18(16-28)8-9-22(29)25-13-10-19-7-3-4-12-23-19/h3-4,7,12,15,17-18H,2,5-6,8-11,13-14,16H2,1H3,(H,25,29)(H,24,26,27)/t18-/m1/s1. The van der Waals surface area contributed by atoms with Crippen LogP contribution in [0.4, 0.5) is 11.6 Å². The van der Waals surface area contributed by atoms with Gasteiger partial charge in [-0.2, -0.15) is 0 Å². The lowest BCUT2D eigenvalue weighted by molar-refractivity contribution is -0.121. The Kier molecular flexibility index (Phi) is 8.22. The number of aromatic nitrogens is 3. The summed E-state index contributed by atoms with van der Waals surface area (Å²) in [5.41, 5.74) is 1.01. The Balaban J connectivity index is 1.41. The molecule has 0 radical (unpaired) electrons. The molecule has 3 heterocycles. The van der Waals surface area contributed by atoms with Gasteiger partial charge in [-0.3, -0.25) is 9.78 Å². The van der Waals surface area contributed by atoms with Crippen LogP contribution in [-0.4, -0.2) is 47.0 Å². The molecule has 1 aliphatic heterocycles. The zero-order valence-electron chi connectivity index (χ0n) is 17.3. The van der Waals surface area contributed by atoms with E-state index in [2.05, 4.69) is 37.4 Å². The quantitative estimate of drug-likeness (QED) is 0.642. The molecule has 1 aliphatic rings. The molecule has 1 fully saturated rings. The maximum Gasteiger partial charge on any atom is 0.220 e. The van der Waals surface area contributed by atoms with Gasteiger partial charge in [-0.05, 0) is 43.7 Å². The van der Waals surface area contributed by atoms with Crippen LogP contribution in [0, 0.1) is 5.92 Å². The Morgan fingerprint density at radius 2 is 2.17 bits per heavy atom. The summed E-state index contributed by atoms with van der Waals surface area (Å²) in [5, 5.41) is 6.34. The van der Waals surface area contributed by atoms with Gasteiger partial charge in [-0.15, -0.1) is 0 Å². The second kappa shape index (κ2) is 11.3. The van der Waals surface area contributed by atoms with Gasteiger partial charge in [0.05, 0.1) is 0 Å². The summed E-state index contributed by atoms with van der Waals surface area (Å²) >= 11 is 0. The summed E-state index contributed by atoms with van der Waals surface area (Å²) in [6.07, 6.45) is 9.04. The molecule has 7 nitrogen and oxygen atoms in total. The molecule has 1 saturated heterocycles. The van der Waals surface area contributed by atoms with Crippen molar-refractivity contribution in [3.05, 3.63) is 42.5 Å². The Labute approximate surface area is 173 Å². The monoisotopic (exact) mass is 396 g/mol. The molecule has 0 saturated carbocycles. The molecular weight excluding hydrogens is 364 g/mol. The zero-order chi connectivity index (χ0) is 20.3. The Bertz CT molecular complexity index is 754. The van der Waals surface area contributed by atoms with Crippen LogP contribution < -0.4 is 15.5 Å². The predicted octanol–water partition coefficient (Wildman–Crippen LogP) is 3.05. The highest BCUT2D eigenvalue weighted by Gasteiger charge is 2.22. The number of nitrogens with zero attached hydrogens (tertiary/aromatic N) is 4. The minimum Gasteiger partial charge on any atom is -0.370 e. The fourth-order valence-electron chi connectivity index (χ4n) is 3.68. The van der Waals surface area contributed by atoms with E-state index in [0.29, 0.717) is 18.9 Å². The molecule has 1 atom stereocenters. The smallest absolute Gasteiger partial charge is 0.220 e. The predicted molar refractivity (Wildman–Crippen MR) is 116 cm³/mol. The number of anilines is 2. The van der Waals surface area contributed by atoms with Gasteiger partial charge in [-0.25, -0.2) is 9.97 Å². The number of hydrogen-bond donors (Lipinski definition) is 2. The zero-order valence-corrected chi connectivity index (χ0v) is 17.3. The van der Waals surface area contributed by atoms with E-state index < -0.39 is 0 Å². The number of nitrogens with one attached hydrogen (secondary N) is 2. The number of rotatable bonds is 10. The maximum absolute atomic E-state index is 12.2. The van der Waals surface area contributed by atoms with Crippen molar-refractivity contribution < 1.29 is 4.79 Å². The van der Waals surface area contributed by atoms with Crippen LogP contribution >= 0.6 is 0 Å². The molecule has 2 aromatic rings. The van der Waals surface area contributed by atoms with Crippen molar-refractivity contribution in [1.29, 1.82) is 0 Å². The summed E-state index contributed by atoms with van der Waals surface area (Å²) in [6, 6.07) is 7.89. The van der Waals surface area contributed by atoms with E-state index in [-0.39, 0.29) is 5.91 Å². The van der Waals surface area contributed by atoms with Crippen molar-refractivity contribution in [2.45, 2.75) is 45.4 Å². The molecule has 7 heteroatoms. The lowest BCUT2D eigenvalue weighted by Gasteiger charge is -2.33. The van der Waals surface area contributed by atoms with E-state index >= 15 is 0 Å². The van der Waals surface area contributed by atoms with Crippen LogP contribution in [0.5, 0.6) is 0 Å². The Hall–Kier alpha value is -2.70. The fraction of sp³-hybridized carbons (Fsp3) is 0.545. The lowest BCUT2D eigenvalue weighted by atomic mass is 9.93.